The average molecular weight is 201 g/mol. The van der Waals surface area contributed by atoms with Crippen molar-refractivity contribution in [2.24, 2.45) is 5.73 Å². The van der Waals surface area contributed by atoms with Gasteiger partial charge >= 0.3 is 0 Å². The minimum atomic E-state index is 0.449. The van der Waals surface area contributed by atoms with E-state index in [1.165, 1.54) is 11.1 Å². The first kappa shape index (κ1) is 9.99. The molecule has 0 fully saturated rings. The first-order valence-electron chi connectivity index (χ1n) is 5.07. The van der Waals surface area contributed by atoms with Gasteiger partial charge in [-0.1, -0.05) is 17.7 Å². The summed E-state index contributed by atoms with van der Waals surface area (Å²) in [4.78, 5) is 0. The minimum absolute atomic E-state index is 0.449. The molecule has 2 nitrogen and oxygen atoms in total. The maximum atomic E-state index is 5.63. The fourth-order valence-corrected chi connectivity index (χ4v) is 1.63. The Morgan fingerprint density at radius 2 is 1.93 bits per heavy atom. The number of hydrogen-bond donors (Lipinski definition) is 1. The lowest BCUT2D eigenvalue weighted by Gasteiger charge is -2.03. The summed E-state index contributed by atoms with van der Waals surface area (Å²) in [5.41, 5.74) is 9.12. The van der Waals surface area contributed by atoms with Crippen LogP contribution in [0.25, 0.3) is 11.3 Å². The summed E-state index contributed by atoms with van der Waals surface area (Å²) in [6.45, 7) is 4.61. The van der Waals surface area contributed by atoms with Gasteiger partial charge < -0.3 is 10.2 Å². The van der Waals surface area contributed by atoms with Gasteiger partial charge in [0.15, 0.2) is 0 Å². The quantitative estimate of drug-likeness (QED) is 0.811. The maximum absolute atomic E-state index is 5.63. The van der Waals surface area contributed by atoms with Gasteiger partial charge in [-0.05, 0) is 37.6 Å². The molecule has 0 unspecified atom stereocenters. The smallest absolute Gasteiger partial charge is 0.134 e. The summed E-state index contributed by atoms with van der Waals surface area (Å²) in [5.74, 6) is 1.72. The molecule has 0 aliphatic rings. The van der Waals surface area contributed by atoms with Gasteiger partial charge in [0.05, 0.1) is 6.54 Å². The van der Waals surface area contributed by atoms with Crippen molar-refractivity contribution in [1.82, 2.24) is 0 Å². The third kappa shape index (κ3) is 1.95. The van der Waals surface area contributed by atoms with Crippen molar-refractivity contribution >= 4 is 0 Å². The predicted octanol–water partition coefficient (Wildman–Crippen LogP) is 3.02. The molecule has 2 N–H and O–H groups in total. The topological polar surface area (TPSA) is 39.2 Å². The Balaban J connectivity index is 2.48. The van der Waals surface area contributed by atoms with Crippen LogP contribution in [0.5, 0.6) is 0 Å². The lowest BCUT2D eigenvalue weighted by atomic mass is 10.0. The van der Waals surface area contributed by atoms with Crippen molar-refractivity contribution < 1.29 is 4.42 Å². The van der Waals surface area contributed by atoms with E-state index in [9.17, 15) is 0 Å². The zero-order valence-electron chi connectivity index (χ0n) is 9.08. The van der Waals surface area contributed by atoms with E-state index in [0.29, 0.717) is 6.54 Å². The van der Waals surface area contributed by atoms with Gasteiger partial charge in [0, 0.05) is 5.56 Å². The van der Waals surface area contributed by atoms with E-state index < -0.39 is 0 Å². The van der Waals surface area contributed by atoms with Crippen LogP contribution >= 0.6 is 0 Å². The lowest BCUT2D eigenvalue weighted by Crippen LogP contribution is -1.92. The van der Waals surface area contributed by atoms with Gasteiger partial charge in [0.1, 0.15) is 11.5 Å². The Bertz CT molecular complexity index is 471. The van der Waals surface area contributed by atoms with Gasteiger partial charge in [-0.15, -0.1) is 0 Å². The Labute approximate surface area is 89.7 Å². The second kappa shape index (κ2) is 3.91. The number of rotatable bonds is 2. The summed E-state index contributed by atoms with van der Waals surface area (Å²) in [6, 6.07) is 10.2. The van der Waals surface area contributed by atoms with Gasteiger partial charge in [-0.2, -0.15) is 0 Å². The second-order valence-corrected chi connectivity index (χ2v) is 3.79. The molecule has 1 heterocycles. The monoisotopic (exact) mass is 201 g/mol. The Hall–Kier alpha value is -1.54. The molecular formula is C13H15NO. The molecule has 0 atom stereocenters. The Kier molecular flexibility index (Phi) is 2.60. The van der Waals surface area contributed by atoms with Crippen molar-refractivity contribution in [2.75, 3.05) is 0 Å². The zero-order valence-corrected chi connectivity index (χ0v) is 9.08. The molecule has 2 heteroatoms. The molecule has 2 aromatic rings. The molecule has 2 rings (SSSR count). The molecular weight excluding hydrogens is 186 g/mol. The lowest BCUT2D eigenvalue weighted by molar-refractivity contribution is 0.525. The SMILES string of the molecule is Cc1ccc(C)c(-c2ccc(CN)o2)c1. The first-order valence-corrected chi connectivity index (χ1v) is 5.07. The fourth-order valence-electron chi connectivity index (χ4n) is 1.63. The van der Waals surface area contributed by atoms with Gasteiger partial charge in [0.25, 0.3) is 0 Å². The summed E-state index contributed by atoms with van der Waals surface area (Å²) in [5, 5.41) is 0. The highest BCUT2D eigenvalue weighted by atomic mass is 16.3. The minimum Gasteiger partial charge on any atom is -0.460 e. The zero-order chi connectivity index (χ0) is 10.8. The number of nitrogens with two attached hydrogens (primary N) is 1. The summed E-state index contributed by atoms with van der Waals surface area (Å²) < 4.78 is 5.63. The molecule has 0 saturated carbocycles. The van der Waals surface area contributed by atoms with Crippen molar-refractivity contribution in [3.05, 3.63) is 47.2 Å². The van der Waals surface area contributed by atoms with Crippen LogP contribution in [0.1, 0.15) is 16.9 Å². The molecule has 0 amide bonds. The number of aryl methyl sites for hydroxylation is 2. The van der Waals surface area contributed by atoms with Crippen molar-refractivity contribution in [1.29, 1.82) is 0 Å². The van der Waals surface area contributed by atoms with Crippen LogP contribution in [0, 0.1) is 13.8 Å². The van der Waals surface area contributed by atoms with E-state index in [4.69, 9.17) is 10.2 Å². The largest absolute Gasteiger partial charge is 0.460 e. The van der Waals surface area contributed by atoms with Crippen LogP contribution in [-0.4, -0.2) is 0 Å². The Morgan fingerprint density at radius 1 is 1.13 bits per heavy atom. The molecule has 0 aliphatic heterocycles. The summed E-state index contributed by atoms with van der Waals surface area (Å²) >= 11 is 0. The van der Waals surface area contributed by atoms with Gasteiger partial charge in [-0.25, -0.2) is 0 Å². The number of benzene rings is 1. The number of hydrogen-bond acceptors (Lipinski definition) is 2. The fraction of sp³-hybridized carbons (Fsp3) is 0.231. The van der Waals surface area contributed by atoms with Crippen LogP contribution in [0.4, 0.5) is 0 Å². The average Bonchev–Trinajstić information content (AvgIpc) is 2.70. The van der Waals surface area contributed by atoms with Crippen LogP contribution in [0.3, 0.4) is 0 Å². The van der Waals surface area contributed by atoms with Crippen LogP contribution in [-0.2, 0) is 6.54 Å². The van der Waals surface area contributed by atoms with E-state index in [2.05, 4.69) is 32.0 Å². The van der Waals surface area contributed by atoms with Crippen molar-refractivity contribution in [3.8, 4) is 11.3 Å². The van der Waals surface area contributed by atoms with E-state index in [1.54, 1.807) is 0 Å². The van der Waals surface area contributed by atoms with Crippen LogP contribution in [0.15, 0.2) is 34.7 Å². The van der Waals surface area contributed by atoms with E-state index in [0.717, 1.165) is 17.1 Å². The predicted molar refractivity (Wildman–Crippen MR) is 61.5 cm³/mol. The van der Waals surface area contributed by atoms with Crippen molar-refractivity contribution in [3.63, 3.8) is 0 Å². The van der Waals surface area contributed by atoms with Crippen LogP contribution in [0.2, 0.25) is 0 Å². The molecule has 78 valence electrons. The molecule has 0 aliphatic carbocycles. The Morgan fingerprint density at radius 3 is 2.60 bits per heavy atom. The number of furan rings is 1. The molecule has 15 heavy (non-hydrogen) atoms. The molecule has 0 spiro atoms. The van der Waals surface area contributed by atoms with E-state index in [-0.39, 0.29) is 0 Å². The molecule has 1 aromatic heterocycles. The maximum Gasteiger partial charge on any atom is 0.134 e. The molecule has 0 bridgehead atoms. The molecule has 0 saturated heterocycles. The highest BCUT2D eigenvalue weighted by Crippen LogP contribution is 2.26. The third-order valence-electron chi connectivity index (χ3n) is 2.52. The highest BCUT2D eigenvalue weighted by molar-refractivity contribution is 5.63. The van der Waals surface area contributed by atoms with Gasteiger partial charge in [0.2, 0.25) is 0 Å². The molecule has 0 radical (unpaired) electrons. The second-order valence-electron chi connectivity index (χ2n) is 3.79. The van der Waals surface area contributed by atoms with Crippen LogP contribution < -0.4 is 5.73 Å². The third-order valence-corrected chi connectivity index (χ3v) is 2.52. The first-order chi connectivity index (χ1) is 7.20. The normalized spacial score (nSPS) is 10.6. The van der Waals surface area contributed by atoms with E-state index in [1.807, 2.05) is 12.1 Å². The van der Waals surface area contributed by atoms with Crippen molar-refractivity contribution in [2.45, 2.75) is 20.4 Å². The standard InChI is InChI=1S/C13H15NO/c1-9-3-4-10(2)12(7-9)13-6-5-11(8-14)15-13/h3-7H,8,14H2,1-2H3. The summed E-state index contributed by atoms with van der Waals surface area (Å²) in [6.07, 6.45) is 0. The van der Waals surface area contributed by atoms with Gasteiger partial charge in [-0.3, -0.25) is 0 Å². The summed E-state index contributed by atoms with van der Waals surface area (Å²) in [7, 11) is 0. The highest BCUT2D eigenvalue weighted by Gasteiger charge is 2.06. The van der Waals surface area contributed by atoms with E-state index >= 15 is 0 Å². The molecule has 1 aromatic carbocycles.